The van der Waals surface area contributed by atoms with Gasteiger partial charge in [0.2, 0.25) is 0 Å². The standard InChI is InChI=1S/C14H11F2NO/c1-9-3-2-4-11(7-9)17-14(18)12-8-10(15)5-6-13(12)16/h2-8H,1H3,(H,17,18). The number of halogens is 2. The third-order valence-corrected chi connectivity index (χ3v) is 2.45. The molecule has 2 nitrogen and oxygen atoms in total. The van der Waals surface area contributed by atoms with Crippen molar-refractivity contribution in [2.24, 2.45) is 0 Å². The molecule has 18 heavy (non-hydrogen) atoms. The van der Waals surface area contributed by atoms with Gasteiger partial charge in [-0.15, -0.1) is 0 Å². The van der Waals surface area contributed by atoms with Gasteiger partial charge in [0.05, 0.1) is 5.56 Å². The van der Waals surface area contributed by atoms with Crippen LogP contribution in [0.4, 0.5) is 14.5 Å². The van der Waals surface area contributed by atoms with Gasteiger partial charge in [-0.2, -0.15) is 0 Å². The van der Waals surface area contributed by atoms with Crippen molar-refractivity contribution in [1.29, 1.82) is 0 Å². The number of benzene rings is 2. The average molecular weight is 247 g/mol. The largest absolute Gasteiger partial charge is 0.322 e. The SMILES string of the molecule is Cc1cccc(NC(=O)c2cc(F)ccc2F)c1. The molecule has 1 N–H and O–H groups in total. The Kier molecular flexibility index (Phi) is 3.37. The molecule has 0 saturated heterocycles. The summed E-state index contributed by atoms with van der Waals surface area (Å²) in [6.07, 6.45) is 0. The van der Waals surface area contributed by atoms with Crippen molar-refractivity contribution in [1.82, 2.24) is 0 Å². The van der Waals surface area contributed by atoms with Crippen LogP contribution in [-0.4, -0.2) is 5.91 Å². The first kappa shape index (κ1) is 12.2. The van der Waals surface area contributed by atoms with Crippen molar-refractivity contribution in [3.63, 3.8) is 0 Å². The predicted octanol–water partition coefficient (Wildman–Crippen LogP) is 3.53. The van der Waals surface area contributed by atoms with E-state index in [2.05, 4.69) is 5.32 Å². The van der Waals surface area contributed by atoms with Crippen LogP contribution in [0.2, 0.25) is 0 Å². The summed E-state index contributed by atoms with van der Waals surface area (Å²) < 4.78 is 26.3. The van der Waals surface area contributed by atoms with Gasteiger partial charge in [0.1, 0.15) is 11.6 Å². The van der Waals surface area contributed by atoms with Crippen LogP contribution >= 0.6 is 0 Å². The fraction of sp³-hybridized carbons (Fsp3) is 0.0714. The molecule has 0 aliphatic heterocycles. The van der Waals surface area contributed by atoms with Crippen molar-refractivity contribution in [2.45, 2.75) is 6.92 Å². The number of nitrogens with one attached hydrogen (secondary N) is 1. The molecule has 2 aromatic carbocycles. The van der Waals surface area contributed by atoms with Gasteiger partial charge in [-0.3, -0.25) is 4.79 Å². The number of anilines is 1. The Morgan fingerprint density at radius 3 is 2.61 bits per heavy atom. The summed E-state index contributed by atoms with van der Waals surface area (Å²) >= 11 is 0. The molecule has 92 valence electrons. The van der Waals surface area contributed by atoms with E-state index in [1.807, 2.05) is 13.0 Å². The smallest absolute Gasteiger partial charge is 0.258 e. The second-order valence-electron chi connectivity index (χ2n) is 3.95. The fourth-order valence-electron chi connectivity index (χ4n) is 1.59. The number of rotatable bonds is 2. The van der Waals surface area contributed by atoms with Gasteiger partial charge in [0, 0.05) is 5.69 Å². The van der Waals surface area contributed by atoms with E-state index < -0.39 is 17.5 Å². The minimum Gasteiger partial charge on any atom is -0.322 e. The van der Waals surface area contributed by atoms with Crippen molar-refractivity contribution >= 4 is 11.6 Å². The Labute approximate surface area is 103 Å². The molecule has 0 aromatic heterocycles. The zero-order valence-electron chi connectivity index (χ0n) is 9.71. The van der Waals surface area contributed by atoms with E-state index in [9.17, 15) is 13.6 Å². The number of carbonyl (C=O) groups excluding carboxylic acids is 1. The van der Waals surface area contributed by atoms with Crippen molar-refractivity contribution in [3.05, 3.63) is 65.2 Å². The Morgan fingerprint density at radius 1 is 1.11 bits per heavy atom. The average Bonchev–Trinajstić information content (AvgIpc) is 2.32. The van der Waals surface area contributed by atoms with Crippen LogP contribution in [-0.2, 0) is 0 Å². The molecule has 0 saturated carbocycles. The van der Waals surface area contributed by atoms with E-state index in [0.29, 0.717) is 5.69 Å². The summed E-state index contributed by atoms with van der Waals surface area (Å²) in [6.45, 7) is 1.87. The van der Waals surface area contributed by atoms with E-state index >= 15 is 0 Å². The number of hydrogen-bond acceptors (Lipinski definition) is 1. The lowest BCUT2D eigenvalue weighted by Crippen LogP contribution is -2.14. The first-order valence-electron chi connectivity index (χ1n) is 5.39. The van der Waals surface area contributed by atoms with Crippen LogP contribution in [0.15, 0.2) is 42.5 Å². The highest BCUT2D eigenvalue weighted by atomic mass is 19.1. The van der Waals surface area contributed by atoms with Gasteiger partial charge in [0.25, 0.3) is 5.91 Å². The molecule has 1 amide bonds. The van der Waals surface area contributed by atoms with Crippen LogP contribution in [0.1, 0.15) is 15.9 Å². The summed E-state index contributed by atoms with van der Waals surface area (Å²) in [6, 6.07) is 9.85. The van der Waals surface area contributed by atoms with Crippen LogP contribution in [0.25, 0.3) is 0 Å². The molecule has 0 atom stereocenters. The first-order valence-corrected chi connectivity index (χ1v) is 5.39. The van der Waals surface area contributed by atoms with Crippen molar-refractivity contribution < 1.29 is 13.6 Å². The third-order valence-electron chi connectivity index (χ3n) is 2.45. The topological polar surface area (TPSA) is 29.1 Å². The lowest BCUT2D eigenvalue weighted by molar-refractivity contribution is 0.102. The Hall–Kier alpha value is -2.23. The first-order chi connectivity index (χ1) is 8.56. The van der Waals surface area contributed by atoms with Crippen LogP contribution in [0.5, 0.6) is 0 Å². The van der Waals surface area contributed by atoms with E-state index in [-0.39, 0.29) is 5.56 Å². The normalized spacial score (nSPS) is 10.2. The Morgan fingerprint density at radius 2 is 1.89 bits per heavy atom. The van der Waals surface area contributed by atoms with E-state index in [0.717, 1.165) is 23.8 Å². The van der Waals surface area contributed by atoms with Crippen molar-refractivity contribution in [3.8, 4) is 0 Å². The molecule has 0 bridgehead atoms. The number of amides is 1. The minimum absolute atomic E-state index is 0.309. The van der Waals surface area contributed by atoms with Gasteiger partial charge >= 0.3 is 0 Å². The second kappa shape index (κ2) is 4.96. The minimum atomic E-state index is -0.749. The zero-order chi connectivity index (χ0) is 13.1. The van der Waals surface area contributed by atoms with Gasteiger partial charge in [-0.25, -0.2) is 8.78 Å². The van der Waals surface area contributed by atoms with Crippen LogP contribution < -0.4 is 5.32 Å². The molecule has 0 aliphatic carbocycles. The molecule has 0 spiro atoms. The summed E-state index contributed by atoms with van der Waals surface area (Å²) in [5.41, 5.74) is 1.20. The molecule has 0 unspecified atom stereocenters. The summed E-state index contributed by atoms with van der Waals surface area (Å²) in [5, 5.41) is 2.52. The quantitative estimate of drug-likeness (QED) is 0.864. The molecule has 0 heterocycles. The molecule has 4 heteroatoms. The highest BCUT2D eigenvalue weighted by Crippen LogP contribution is 2.14. The molecular formula is C14H11F2NO. The predicted molar refractivity (Wildman–Crippen MR) is 65.5 cm³/mol. The number of carbonyl (C=O) groups is 1. The van der Waals surface area contributed by atoms with Crippen LogP contribution in [0.3, 0.4) is 0 Å². The second-order valence-corrected chi connectivity index (χ2v) is 3.95. The van der Waals surface area contributed by atoms with E-state index in [4.69, 9.17) is 0 Å². The van der Waals surface area contributed by atoms with Gasteiger partial charge in [0.15, 0.2) is 0 Å². The van der Waals surface area contributed by atoms with E-state index in [1.165, 1.54) is 0 Å². The molecule has 0 aliphatic rings. The van der Waals surface area contributed by atoms with Gasteiger partial charge in [-0.05, 0) is 42.8 Å². The fourth-order valence-corrected chi connectivity index (χ4v) is 1.59. The maximum Gasteiger partial charge on any atom is 0.258 e. The lowest BCUT2D eigenvalue weighted by atomic mass is 10.1. The highest BCUT2D eigenvalue weighted by molar-refractivity contribution is 6.04. The number of aryl methyl sites for hydroxylation is 1. The molecule has 2 aromatic rings. The summed E-state index contributed by atoms with van der Waals surface area (Å²) in [5.74, 6) is -2.06. The van der Waals surface area contributed by atoms with Gasteiger partial charge < -0.3 is 5.32 Å². The number of hydrogen-bond donors (Lipinski definition) is 1. The van der Waals surface area contributed by atoms with E-state index in [1.54, 1.807) is 18.2 Å². The summed E-state index contributed by atoms with van der Waals surface area (Å²) in [4.78, 5) is 11.8. The Balaban J connectivity index is 2.24. The molecule has 0 radical (unpaired) electrons. The zero-order valence-corrected chi connectivity index (χ0v) is 9.71. The lowest BCUT2D eigenvalue weighted by Gasteiger charge is -2.06. The molecule has 2 rings (SSSR count). The highest BCUT2D eigenvalue weighted by Gasteiger charge is 2.12. The monoisotopic (exact) mass is 247 g/mol. The van der Waals surface area contributed by atoms with Gasteiger partial charge in [-0.1, -0.05) is 12.1 Å². The van der Waals surface area contributed by atoms with Crippen LogP contribution in [0, 0.1) is 18.6 Å². The Bertz CT molecular complexity index is 596. The maximum absolute atomic E-state index is 13.4. The third kappa shape index (κ3) is 2.71. The van der Waals surface area contributed by atoms with Crippen molar-refractivity contribution in [2.75, 3.05) is 5.32 Å². The molecular weight excluding hydrogens is 236 g/mol. The maximum atomic E-state index is 13.4. The molecule has 0 fully saturated rings. The summed E-state index contributed by atoms with van der Waals surface area (Å²) in [7, 11) is 0.